The number of ether oxygens (including phenoxy) is 2. The Balaban J connectivity index is 2.14. The summed E-state index contributed by atoms with van der Waals surface area (Å²) >= 11 is 2.17. The molecule has 1 amide bonds. The van der Waals surface area contributed by atoms with Crippen molar-refractivity contribution in [2.75, 3.05) is 12.4 Å². The molecular weight excluding hydrogens is 421 g/mol. The summed E-state index contributed by atoms with van der Waals surface area (Å²) in [5.74, 6) is 0.444. The lowest BCUT2D eigenvalue weighted by molar-refractivity contribution is -0.122. The maximum Gasteiger partial charge on any atom is 0.265 e. The van der Waals surface area contributed by atoms with Crippen LogP contribution in [-0.2, 0) is 4.79 Å². The number of halogens is 1. The highest BCUT2D eigenvalue weighted by molar-refractivity contribution is 14.1. The fourth-order valence-corrected chi connectivity index (χ4v) is 2.62. The van der Waals surface area contributed by atoms with Crippen LogP contribution in [0.25, 0.3) is 0 Å². The summed E-state index contributed by atoms with van der Waals surface area (Å²) < 4.78 is 11.9. The van der Waals surface area contributed by atoms with Crippen LogP contribution in [0.4, 0.5) is 5.69 Å². The summed E-state index contributed by atoms with van der Waals surface area (Å²) in [7, 11) is 1.53. The summed E-state index contributed by atoms with van der Waals surface area (Å²) in [6, 6.07) is 12.4. The summed E-state index contributed by atoms with van der Waals surface area (Å²) in [6.07, 6.45) is -0.770. The molecule has 1 atom stereocenters. The number of carbonyl (C=O) groups excluding carboxylic acids is 2. The lowest BCUT2D eigenvalue weighted by atomic mass is 10.1. The molecule has 0 aliphatic carbocycles. The van der Waals surface area contributed by atoms with Crippen LogP contribution in [0.2, 0.25) is 0 Å². The third-order valence-corrected chi connectivity index (χ3v) is 4.00. The SMILES string of the molecule is COc1ccc(C(C)=O)c(OC(C)C(=O)Nc2cccc(I)c2)c1. The Morgan fingerprint density at radius 3 is 2.54 bits per heavy atom. The fourth-order valence-electron chi connectivity index (χ4n) is 2.07. The molecule has 5 nitrogen and oxygen atoms in total. The number of amides is 1. The van der Waals surface area contributed by atoms with Crippen LogP contribution in [0.15, 0.2) is 42.5 Å². The van der Waals surface area contributed by atoms with E-state index in [1.165, 1.54) is 14.0 Å². The Labute approximate surface area is 154 Å². The highest BCUT2D eigenvalue weighted by atomic mass is 127. The van der Waals surface area contributed by atoms with Gasteiger partial charge in [0.25, 0.3) is 5.91 Å². The van der Waals surface area contributed by atoms with Crippen LogP contribution < -0.4 is 14.8 Å². The van der Waals surface area contributed by atoms with E-state index in [1.807, 2.05) is 18.2 Å². The molecule has 0 aliphatic rings. The zero-order valence-electron chi connectivity index (χ0n) is 13.6. The third kappa shape index (κ3) is 4.70. The number of carbonyl (C=O) groups is 2. The van der Waals surface area contributed by atoms with Crippen LogP contribution >= 0.6 is 22.6 Å². The molecule has 0 fully saturated rings. The lowest BCUT2D eigenvalue weighted by Crippen LogP contribution is -2.30. The minimum atomic E-state index is -0.770. The van der Waals surface area contributed by atoms with Gasteiger partial charge in [-0.2, -0.15) is 0 Å². The number of Topliss-reactive ketones (excluding diaryl/α,β-unsaturated/α-hetero) is 1. The van der Waals surface area contributed by atoms with Gasteiger partial charge >= 0.3 is 0 Å². The molecule has 2 rings (SSSR count). The normalized spacial score (nSPS) is 11.5. The van der Waals surface area contributed by atoms with Gasteiger partial charge < -0.3 is 14.8 Å². The summed E-state index contributed by atoms with van der Waals surface area (Å²) in [5.41, 5.74) is 1.10. The summed E-state index contributed by atoms with van der Waals surface area (Å²) in [5, 5.41) is 2.80. The Morgan fingerprint density at radius 2 is 1.92 bits per heavy atom. The van der Waals surface area contributed by atoms with E-state index in [-0.39, 0.29) is 11.7 Å². The number of benzene rings is 2. The average molecular weight is 439 g/mol. The first-order valence-electron chi connectivity index (χ1n) is 7.32. The molecule has 2 aromatic carbocycles. The van der Waals surface area contributed by atoms with Gasteiger partial charge in [-0.05, 0) is 66.8 Å². The van der Waals surface area contributed by atoms with Crippen LogP contribution in [-0.4, -0.2) is 24.9 Å². The zero-order valence-corrected chi connectivity index (χ0v) is 15.8. The van der Waals surface area contributed by atoms with Crippen molar-refractivity contribution in [3.63, 3.8) is 0 Å². The molecule has 0 radical (unpaired) electrons. The van der Waals surface area contributed by atoms with Crippen LogP contribution in [0.3, 0.4) is 0 Å². The van der Waals surface area contributed by atoms with Gasteiger partial charge in [0.15, 0.2) is 11.9 Å². The number of rotatable bonds is 6. The van der Waals surface area contributed by atoms with E-state index in [4.69, 9.17) is 9.47 Å². The number of methoxy groups -OCH3 is 1. The molecular formula is C18H18INO4. The van der Waals surface area contributed by atoms with Gasteiger partial charge in [-0.1, -0.05) is 6.07 Å². The topological polar surface area (TPSA) is 64.6 Å². The van der Waals surface area contributed by atoms with Crippen molar-refractivity contribution >= 4 is 40.0 Å². The standard InChI is InChI=1S/C18H18INO4/c1-11(21)16-8-7-15(23-3)10-17(16)24-12(2)18(22)20-14-6-4-5-13(19)9-14/h4-10,12H,1-3H3,(H,20,22). The van der Waals surface area contributed by atoms with Gasteiger partial charge in [0.05, 0.1) is 12.7 Å². The first kappa shape index (κ1) is 18.3. The lowest BCUT2D eigenvalue weighted by Gasteiger charge is -2.17. The number of ketones is 1. The second-order valence-electron chi connectivity index (χ2n) is 5.18. The van der Waals surface area contributed by atoms with Gasteiger partial charge in [0.2, 0.25) is 0 Å². The van der Waals surface area contributed by atoms with E-state index in [1.54, 1.807) is 31.2 Å². The van der Waals surface area contributed by atoms with E-state index in [2.05, 4.69) is 27.9 Å². The molecule has 0 spiro atoms. The smallest absolute Gasteiger partial charge is 0.265 e. The van der Waals surface area contributed by atoms with Gasteiger partial charge in [0, 0.05) is 15.3 Å². The van der Waals surface area contributed by atoms with Gasteiger partial charge in [-0.15, -0.1) is 0 Å². The Morgan fingerprint density at radius 1 is 1.17 bits per heavy atom. The van der Waals surface area contributed by atoms with E-state index < -0.39 is 6.10 Å². The highest BCUT2D eigenvalue weighted by Gasteiger charge is 2.18. The molecule has 126 valence electrons. The summed E-state index contributed by atoms with van der Waals surface area (Å²) in [6.45, 7) is 3.08. The quantitative estimate of drug-likeness (QED) is 0.548. The molecule has 6 heteroatoms. The van der Waals surface area contributed by atoms with Crippen molar-refractivity contribution in [3.8, 4) is 11.5 Å². The maximum absolute atomic E-state index is 12.3. The van der Waals surface area contributed by atoms with Gasteiger partial charge in [-0.25, -0.2) is 0 Å². The average Bonchev–Trinajstić information content (AvgIpc) is 2.54. The van der Waals surface area contributed by atoms with E-state index in [0.717, 1.165) is 3.57 Å². The monoisotopic (exact) mass is 439 g/mol. The van der Waals surface area contributed by atoms with Crippen molar-refractivity contribution in [3.05, 3.63) is 51.6 Å². The second kappa shape index (κ2) is 8.14. The van der Waals surface area contributed by atoms with Crippen LogP contribution in [0, 0.1) is 3.57 Å². The Kier molecular flexibility index (Phi) is 6.19. The first-order chi connectivity index (χ1) is 11.4. The predicted octanol–water partition coefficient (Wildman–Crippen LogP) is 3.91. The Bertz CT molecular complexity index is 760. The molecule has 2 aromatic rings. The highest BCUT2D eigenvalue weighted by Crippen LogP contribution is 2.26. The van der Waals surface area contributed by atoms with E-state index in [9.17, 15) is 9.59 Å². The third-order valence-electron chi connectivity index (χ3n) is 3.33. The van der Waals surface area contributed by atoms with Crippen LogP contribution in [0.1, 0.15) is 24.2 Å². The minimum Gasteiger partial charge on any atom is -0.497 e. The number of nitrogens with one attached hydrogen (secondary N) is 1. The number of anilines is 1. The largest absolute Gasteiger partial charge is 0.497 e. The van der Waals surface area contributed by atoms with Crippen molar-refractivity contribution in [2.45, 2.75) is 20.0 Å². The molecule has 24 heavy (non-hydrogen) atoms. The van der Waals surface area contributed by atoms with Crippen LogP contribution in [0.5, 0.6) is 11.5 Å². The van der Waals surface area contributed by atoms with Crippen molar-refractivity contribution in [1.29, 1.82) is 0 Å². The molecule has 0 aromatic heterocycles. The first-order valence-corrected chi connectivity index (χ1v) is 8.40. The van der Waals surface area contributed by atoms with Crippen molar-refractivity contribution < 1.29 is 19.1 Å². The van der Waals surface area contributed by atoms with Crippen molar-refractivity contribution in [2.24, 2.45) is 0 Å². The second-order valence-corrected chi connectivity index (χ2v) is 6.42. The molecule has 1 unspecified atom stereocenters. The number of hydrogen-bond acceptors (Lipinski definition) is 4. The Hall–Kier alpha value is -2.09. The van der Waals surface area contributed by atoms with E-state index >= 15 is 0 Å². The minimum absolute atomic E-state index is 0.141. The van der Waals surface area contributed by atoms with Gasteiger partial charge in [0.1, 0.15) is 11.5 Å². The molecule has 0 heterocycles. The fraction of sp³-hybridized carbons (Fsp3) is 0.222. The number of hydrogen-bond donors (Lipinski definition) is 1. The summed E-state index contributed by atoms with van der Waals surface area (Å²) in [4.78, 5) is 24.0. The molecule has 0 aliphatic heterocycles. The maximum atomic E-state index is 12.3. The van der Waals surface area contributed by atoms with Gasteiger partial charge in [-0.3, -0.25) is 9.59 Å². The predicted molar refractivity (Wildman–Crippen MR) is 101 cm³/mol. The zero-order chi connectivity index (χ0) is 17.7. The molecule has 0 saturated heterocycles. The molecule has 0 bridgehead atoms. The van der Waals surface area contributed by atoms with Crippen molar-refractivity contribution in [1.82, 2.24) is 0 Å². The van der Waals surface area contributed by atoms with E-state index in [0.29, 0.717) is 22.7 Å². The molecule has 0 saturated carbocycles. The molecule has 1 N–H and O–H groups in total.